The van der Waals surface area contributed by atoms with Crippen LogP contribution in [0.3, 0.4) is 0 Å². The Bertz CT molecular complexity index is 425. The molecule has 0 saturated carbocycles. The summed E-state index contributed by atoms with van der Waals surface area (Å²) in [6.07, 6.45) is 0.957. The SMILES string of the molecule is CC(C)(C)C(=O)N1CSCC1C(=O)NCCCN1CCNCC1.Cl. The average Bonchev–Trinajstić information content (AvgIpc) is 3.00. The Hall–Kier alpha value is -0.500. The van der Waals surface area contributed by atoms with E-state index in [0.29, 0.717) is 18.2 Å². The van der Waals surface area contributed by atoms with Gasteiger partial charge in [-0.3, -0.25) is 9.59 Å². The predicted octanol–water partition coefficient (Wildman–Crippen LogP) is 0.767. The van der Waals surface area contributed by atoms with Crippen LogP contribution in [0.15, 0.2) is 0 Å². The molecule has 0 spiro atoms. The zero-order valence-corrected chi connectivity index (χ0v) is 16.6. The molecule has 24 heavy (non-hydrogen) atoms. The topological polar surface area (TPSA) is 64.7 Å². The highest BCUT2D eigenvalue weighted by Gasteiger charge is 2.38. The average molecular weight is 379 g/mol. The molecule has 6 nitrogen and oxygen atoms in total. The Kier molecular flexibility index (Phi) is 8.84. The molecule has 0 aromatic carbocycles. The number of hydrogen-bond donors (Lipinski definition) is 2. The summed E-state index contributed by atoms with van der Waals surface area (Å²) >= 11 is 1.65. The number of nitrogens with one attached hydrogen (secondary N) is 2. The van der Waals surface area contributed by atoms with Gasteiger partial charge in [-0.25, -0.2) is 0 Å². The molecule has 0 aliphatic carbocycles. The molecular formula is C16H31ClN4O2S. The molecular weight excluding hydrogens is 348 g/mol. The third-order valence-corrected chi connectivity index (χ3v) is 5.26. The molecule has 2 heterocycles. The molecule has 1 atom stereocenters. The molecule has 2 amide bonds. The van der Waals surface area contributed by atoms with Crippen molar-refractivity contribution in [2.45, 2.75) is 33.2 Å². The fraction of sp³-hybridized carbons (Fsp3) is 0.875. The van der Waals surface area contributed by atoms with Crippen molar-refractivity contribution in [1.82, 2.24) is 20.4 Å². The van der Waals surface area contributed by atoms with E-state index in [1.807, 2.05) is 20.8 Å². The lowest BCUT2D eigenvalue weighted by molar-refractivity contribution is -0.144. The Morgan fingerprint density at radius 1 is 1.25 bits per heavy atom. The van der Waals surface area contributed by atoms with Gasteiger partial charge in [0, 0.05) is 43.9 Å². The number of thioether (sulfide) groups is 1. The van der Waals surface area contributed by atoms with E-state index in [2.05, 4.69) is 15.5 Å². The normalized spacial score (nSPS) is 22.1. The molecule has 8 heteroatoms. The van der Waals surface area contributed by atoms with Gasteiger partial charge in [0.15, 0.2) is 0 Å². The number of hydrogen-bond acceptors (Lipinski definition) is 5. The van der Waals surface area contributed by atoms with E-state index >= 15 is 0 Å². The summed E-state index contributed by atoms with van der Waals surface area (Å²) in [6, 6.07) is -0.314. The minimum absolute atomic E-state index is 0. The van der Waals surface area contributed by atoms with Crippen LogP contribution in [0.2, 0.25) is 0 Å². The van der Waals surface area contributed by atoms with E-state index < -0.39 is 5.41 Å². The van der Waals surface area contributed by atoms with Crippen LogP contribution in [0.25, 0.3) is 0 Å². The van der Waals surface area contributed by atoms with Gasteiger partial charge in [-0.05, 0) is 13.0 Å². The molecule has 2 N–H and O–H groups in total. The van der Waals surface area contributed by atoms with Crippen molar-refractivity contribution in [3.8, 4) is 0 Å². The van der Waals surface area contributed by atoms with Crippen molar-refractivity contribution in [3.05, 3.63) is 0 Å². The quantitative estimate of drug-likeness (QED) is 0.692. The number of rotatable bonds is 5. The summed E-state index contributed by atoms with van der Waals surface area (Å²) in [5.41, 5.74) is -0.439. The summed E-state index contributed by atoms with van der Waals surface area (Å²) in [4.78, 5) is 29.0. The minimum atomic E-state index is -0.439. The highest BCUT2D eigenvalue weighted by atomic mass is 35.5. The fourth-order valence-electron chi connectivity index (χ4n) is 2.86. The molecule has 2 aliphatic rings. The maximum atomic E-state index is 12.4. The number of halogens is 1. The first kappa shape index (κ1) is 21.5. The highest BCUT2D eigenvalue weighted by molar-refractivity contribution is 7.99. The lowest BCUT2D eigenvalue weighted by atomic mass is 9.94. The van der Waals surface area contributed by atoms with Gasteiger partial charge in [0.25, 0.3) is 0 Å². The Morgan fingerprint density at radius 3 is 2.54 bits per heavy atom. The molecule has 140 valence electrons. The fourth-order valence-corrected chi connectivity index (χ4v) is 4.01. The number of carbonyl (C=O) groups is 2. The third kappa shape index (κ3) is 6.10. The van der Waals surface area contributed by atoms with Crippen molar-refractivity contribution < 1.29 is 9.59 Å². The minimum Gasteiger partial charge on any atom is -0.354 e. The van der Waals surface area contributed by atoms with Crippen LogP contribution in [0.1, 0.15) is 27.2 Å². The number of amides is 2. The number of carbonyl (C=O) groups excluding carboxylic acids is 2. The first-order valence-corrected chi connectivity index (χ1v) is 9.64. The molecule has 2 fully saturated rings. The summed E-state index contributed by atoms with van der Waals surface area (Å²) in [5, 5.41) is 6.35. The van der Waals surface area contributed by atoms with Gasteiger partial charge in [-0.15, -0.1) is 24.2 Å². The van der Waals surface area contributed by atoms with Gasteiger partial charge >= 0.3 is 0 Å². The van der Waals surface area contributed by atoms with Crippen LogP contribution in [0.4, 0.5) is 0 Å². The van der Waals surface area contributed by atoms with Crippen LogP contribution in [0.5, 0.6) is 0 Å². The summed E-state index contributed by atoms with van der Waals surface area (Å²) < 4.78 is 0. The van der Waals surface area contributed by atoms with Gasteiger partial charge in [0.05, 0.1) is 5.88 Å². The molecule has 0 bridgehead atoms. The van der Waals surface area contributed by atoms with Crippen LogP contribution in [-0.4, -0.2) is 78.6 Å². The monoisotopic (exact) mass is 378 g/mol. The maximum Gasteiger partial charge on any atom is 0.243 e. The van der Waals surface area contributed by atoms with Crippen LogP contribution in [0, 0.1) is 5.41 Å². The molecule has 1 unspecified atom stereocenters. The van der Waals surface area contributed by atoms with E-state index in [-0.39, 0.29) is 30.3 Å². The number of piperazine rings is 1. The van der Waals surface area contributed by atoms with Gasteiger partial charge in [-0.2, -0.15) is 0 Å². The van der Waals surface area contributed by atoms with E-state index in [1.165, 1.54) is 0 Å². The zero-order chi connectivity index (χ0) is 16.9. The Labute approximate surface area is 155 Å². The summed E-state index contributed by atoms with van der Waals surface area (Å²) in [5.74, 6) is 1.37. The highest BCUT2D eigenvalue weighted by Crippen LogP contribution is 2.27. The second-order valence-electron chi connectivity index (χ2n) is 7.28. The molecule has 2 aliphatic heterocycles. The van der Waals surface area contributed by atoms with Crippen molar-refractivity contribution in [2.75, 3.05) is 50.9 Å². The second-order valence-corrected chi connectivity index (χ2v) is 8.28. The first-order valence-electron chi connectivity index (χ1n) is 8.49. The maximum absolute atomic E-state index is 12.4. The smallest absolute Gasteiger partial charge is 0.243 e. The van der Waals surface area contributed by atoms with Gasteiger partial charge in [0.1, 0.15) is 6.04 Å². The second kappa shape index (κ2) is 9.85. The first-order chi connectivity index (χ1) is 10.9. The van der Waals surface area contributed by atoms with Crippen molar-refractivity contribution in [2.24, 2.45) is 5.41 Å². The molecule has 0 aromatic rings. The standard InChI is InChI=1S/C16H30N4O2S.ClH/c1-16(2,3)15(22)20-12-23-11-13(20)14(21)18-5-4-8-19-9-6-17-7-10-19;/h13,17H,4-12H2,1-3H3,(H,18,21);1H. The number of nitrogens with zero attached hydrogens (tertiary/aromatic N) is 2. The predicted molar refractivity (Wildman–Crippen MR) is 102 cm³/mol. The van der Waals surface area contributed by atoms with E-state index in [0.717, 1.165) is 39.1 Å². The zero-order valence-electron chi connectivity index (χ0n) is 15.0. The van der Waals surface area contributed by atoms with Gasteiger partial charge < -0.3 is 20.4 Å². The van der Waals surface area contributed by atoms with Crippen molar-refractivity contribution in [3.63, 3.8) is 0 Å². The van der Waals surface area contributed by atoms with Crippen LogP contribution in [-0.2, 0) is 9.59 Å². The molecule has 2 rings (SSSR count). The van der Waals surface area contributed by atoms with E-state index in [4.69, 9.17) is 0 Å². The van der Waals surface area contributed by atoms with E-state index in [9.17, 15) is 9.59 Å². The Morgan fingerprint density at radius 2 is 1.92 bits per heavy atom. The molecule has 0 radical (unpaired) electrons. The lowest BCUT2D eigenvalue weighted by Crippen LogP contribution is -2.50. The largest absolute Gasteiger partial charge is 0.354 e. The van der Waals surface area contributed by atoms with Crippen LogP contribution < -0.4 is 10.6 Å². The molecule has 2 saturated heterocycles. The van der Waals surface area contributed by atoms with Gasteiger partial charge in [0.2, 0.25) is 11.8 Å². The third-order valence-electron chi connectivity index (χ3n) is 4.25. The van der Waals surface area contributed by atoms with Crippen LogP contribution >= 0.6 is 24.2 Å². The molecule has 0 aromatic heterocycles. The van der Waals surface area contributed by atoms with E-state index in [1.54, 1.807) is 16.7 Å². The summed E-state index contributed by atoms with van der Waals surface area (Å²) in [7, 11) is 0. The summed E-state index contributed by atoms with van der Waals surface area (Å²) in [6.45, 7) is 11.7. The van der Waals surface area contributed by atoms with Crippen molar-refractivity contribution >= 4 is 36.0 Å². The van der Waals surface area contributed by atoms with Crippen molar-refractivity contribution in [1.29, 1.82) is 0 Å². The lowest BCUT2D eigenvalue weighted by Gasteiger charge is -2.29. The van der Waals surface area contributed by atoms with Gasteiger partial charge in [-0.1, -0.05) is 20.8 Å². The Balaban J connectivity index is 0.00000288.